The van der Waals surface area contributed by atoms with Crippen molar-refractivity contribution in [2.24, 2.45) is 5.92 Å². The molecule has 1 heterocycles. The first-order valence-corrected chi connectivity index (χ1v) is 6.19. The molecular weight excluding hydrogens is 250 g/mol. The van der Waals surface area contributed by atoms with Crippen molar-refractivity contribution in [3.8, 4) is 0 Å². The van der Waals surface area contributed by atoms with Gasteiger partial charge in [0.2, 0.25) is 5.91 Å². The highest BCUT2D eigenvalue weighted by Crippen LogP contribution is 2.36. The third kappa shape index (κ3) is 4.06. The van der Waals surface area contributed by atoms with Crippen LogP contribution in [0.1, 0.15) is 18.9 Å². The Labute approximate surface area is 110 Å². The van der Waals surface area contributed by atoms with E-state index in [1.807, 2.05) is 6.20 Å². The molecule has 0 aromatic carbocycles. The predicted octanol–water partition coefficient (Wildman–Crippen LogP) is 0.0516. The van der Waals surface area contributed by atoms with Crippen molar-refractivity contribution in [3.05, 3.63) is 18.7 Å². The van der Waals surface area contributed by atoms with Crippen molar-refractivity contribution in [2.45, 2.75) is 18.9 Å². The summed E-state index contributed by atoms with van der Waals surface area (Å²) in [5, 5.41) is 11.1. The van der Waals surface area contributed by atoms with Crippen LogP contribution in [-0.2, 0) is 14.3 Å². The maximum Gasteiger partial charge on any atom is 0.329 e. The van der Waals surface area contributed by atoms with Gasteiger partial charge in [0.25, 0.3) is 0 Å². The second kappa shape index (κ2) is 6.33. The fourth-order valence-corrected chi connectivity index (χ4v) is 2.14. The number of imidazole rings is 1. The minimum atomic E-state index is -1.07. The molecule has 0 aliphatic heterocycles. The number of hydrogen-bond acceptors (Lipinski definition) is 4. The van der Waals surface area contributed by atoms with Gasteiger partial charge in [0.1, 0.15) is 13.2 Å². The molecule has 19 heavy (non-hydrogen) atoms. The minimum Gasteiger partial charge on any atom is -0.480 e. The SMILES string of the molecule is O=C(O)COCC(=O)NCC1CC(n2ccnc2)C1. The molecule has 1 fully saturated rings. The van der Waals surface area contributed by atoms with Crippen molar-refractivity contribution >= 4 is 11.9 Å². The van der Waals surface area contributed by atoms with E-state index in [4.69, 9.17) is 9.84 Å². The zero-order valence-corrected chi connectivity index (χ0v) is 10.5. The highest BCUT2D eigenvalue weighted by Gasteiger charge is 2.30. The maximum absolute atomic E-state index is 11.3. The summed E-state index contributed by atoms with van der Waals surface area (Å²) in [6, 6.07) is 0.479. The third-order valence-corrected chi connectivity index (χ3v) is 3.20. The molecule has 1 aromatic heterocycles. The standard InChI is InChI=1S/C12H17N3O4/c16-11(6-19-7-12(17)18)14-5-9-3-10(4-9)15-2-1-13-8-15/h1-2,8-10H,3-7H2,(H,14,16)(H,17,18). The molecule has 0 bridgehead atoms. The quantitative estimate of drug-likeness (QED) is 0.728. The number of amides is 1. The molecule has 7 nitrogen and oxygen atoms in total. The van der Waals surface area contributed by atoms with Crippen LogP contribution in [0.5, 0.6) is 0 Å². The van der Waals surface area contributed by atoms with Gasteiger partial charge in [-0.15, -0.1) is 0 Å². The van der Waals surface area contributed by atoms with Crippen LogP contribution in [0.2, 0.25) is 0 Å². The van der Waals surface area contributed by atoms with Gasteiger partial charge in [-0.05, 0) is 18.8 Å². The van der Waals surface area contributed by atoms with Crippen LogP contribution in [0.15, 0.2) is 18.7 Å². The molecule has 0 spiro atoms. The molecule has 0 radical (unpaired) electrons. The van der Waals surface area contributed by atoms with Crippen LogP contribution < -0.4 is 5.32 Å². The Morgan fingerprint density at radius 1 is 1.42 bits per heavy atom. The van der Waals surface area contributed by atoms with E-state index in [1.54, 1.807) is 12.5 Å². The first-order chi connectivity index (χ1) is 9.15. The van der Waals surface area contributed by atoms with Gasteiger partial charge in [0.15, 0.2) is 0 Å². The number of ether oxygens (including phenoxy) is 1. The molecule has 1 saturated carbocycles. The molecule has 0 atom stereocenters. The Morgan fingerprint density at radius 2 is 2.21 bits per heavy atom. The first-order valence-electron chi connectivity index (χ1n) is 6.19. The molecule has 1 aliphatic carbocycles. The van der Waals surface area contributed by atoms with Crippen LogP contribution in [0.3, 0.4) is 0 Å². The van der Waals surface area contributed by atoms with Gasteiger partial charge in [-0.25, -0.2) is 9.78 Å². The topological polar surface area (TPSA) is 93.5 Å². The van der Waals surface area contributed by atoms with E-state index in [0.717, 1.165) is 12.8 Å². The molecule has 2 N–H and O–H groups in total. The molecular formula is C12H17N3O4. The van der Waals surface area contributed by atoms with E-state index in [0.29, 0.717) is 18.5 Å². The van der Waals surface area contributed by atoms with E-state index in [2.05, 4.69) is 14.9 Å². The molecule has 1 aliphatic rings. The van der Waals surface area contributed by atoms with Gasteiger partial charge in [0.05, 0.1) is 6.33 Å². The molecule has 0 saturated heterocycles. The number of carbonyl (C=O) groups excluding carboxylic acids is 1. The Balaban J connectivity index is 1.55. The van der Waals surface area contributed by atoms with E-state index in [9.17, 15) is 9.59 Å². The number of nitrogens with zero attached hydrogens (tertiary/aromatic N) is 2. The summed E-state index contributed by atoms with van der Waals surface area (Å²) >= 11 is 0. The van der Waals surface area contributed by atoms with Gasteiger partial charge in [0, 0.05) is 25.0 Å². The zero-order valence-electron chi connectivity index (χ0n) is 10.5. The summed E-state index contributed by atoms with van der Waals surface area (Å²) in [5.74, 6) is -0.877. The summed E-state index contributed by atoms with van der Waals surface area (Å²) < 4.78 is 6.77. The highest BCUT2D eigenvalue weighted by atomic mass is 16.5. The lowest BCUT2D eigenvalue weighted by Gasteiger charge is -2.36. The fraction of sp³-hybridized carbons (Fsp3) is 0.583. The van der Waals surface area contributed by atoms with Gasteiger partial charge in [-0.1, -0.05) is 0 Å². The maximum atomic E-state index is 11.3. The molecule has 1 aromatic rings. The van der Waals surface area contributed by atoms with Crippen molar-refractivity contribution in [1.82, 2.24) is 14.9 Å². The van der Waals surface area contributed by atoms with Crippen LogP contribution in [-0.4, -0.2) is 46.3 Å². The largest absolute Gasteiger partial charge is 0.480 e. The van der Waals surface area contributed by atoms with E-state index in [1.165, 1.54) is 0 Å². The summed E-state index contributed by atoms with van der Waals surface area (Å²) in [6.07, 6.45) is 7.55. The number of aromatic nitrogens is 2. The second-order valence-electron chi connectivity index (χ2n) is 4.69. The summed E-state index contributed by atoms with van der Waals surface area (Å²) in [6.45, 7) is -0.0377. The number of aliphatic carboxylic acids is 1. The smallest absolute Gasteiger partial charge is 0.329 e. The molecule has 2 rings (SSSR count). The Kier molecular flexibility index (Phi) is 4.51. The minimum absolute atomic E-state index is 0.204. The van der Waals surface area contributed by atoms with Crippen molar-refractivity contribution in [2.75, 3.05) is 19.8 Å². The van der Waals surface area contributed by atoms with Crippen molar-refractivity contribution < 1.29 is 19.4 Å². The molecule has 7 heteroatoms. The predicted molar refractivity (Wildman–Crippen MR) is 65.5 cm³/mol. The van der Waals surface area contributed by atoms with E-state index < -0.39 is 12.6 Å². The second-order valence-corrected chi connectivity index (χ2v) is 4.69. The van der Waals surface area contributed by atoms with Gasteiger partial charge in [-0.2, -0.15) is 0 Å². The van der Waals surface area contributed by atoms with E-state index in [-0.39, 0.29) is 12.5 Å². The average molecular weight is 267 g/mol. The van der Waals surface area contributed by atoms with Crippen LogP contribution >= 0.6 is 0 Å². The average Bonchev–Trinajstić information content (AvgIpc) is 2.79. The lowest BCUT2D eigenvalue weighted by molar-refractivity contribution is -0.143. The highest BCUT2D eigenvalue weighted by molar-refractivity contribution is 5.77. The summed E-state index contributed by atoms with van der Waals surface area (Å²) in [7, 11) is 0. The lowest BCUT2D eigenvalue weighted by atomic mass is 9.80. The van der Waals surface area contributed by atoms with Gasteiger partial charge in [-0.3, -0.25) is 4.79 Å². The summed E-state index contributed by atoms with van der Waals surface area (Å²) in [5.41, 5.74) is 0. The first kappa shape index (κ1) is 13.5. The summed E-state index contributed by atoms with van der Waals surface area (Å²) in [4.78, 5) is 25.5. The molecule has 104 valence electrons. The monoisotopic (exact) mass is 267 g/mol. The number of rotatable bonds is 7. The Morgan fingerprint density at radius 3 is 2.84 bits per heavy atom. The van der Waals surface area contributed by atoms with Crippen LogP contribution in [0, 0.1) is 5.92 Å². The van der Waals surface area contributed by atoms with Crippen molar-refractivity contribution in [1.29, 1.82) is 0 Å². The van der Waals surface area contributed by atoms with E-state index >= 15 is 0 Å². The fourth-order valence-electron chi connectivity index (χ4n) is 2.14. The molecule has 0 unspecified atom stereocenters. The number of carboxylic acid groups (broad SMARTS) is 1. The third-order valence-electron chi connectivity index (χ3n) is 3.20. The molecule has 1 amide bonds. The Hall–Kier alpha value is -1.89. The van der Waals surface area contributed by atoms with Crippen LogP contribution in [0.25, 0.3) is 0 Å². The number of carbonyl (C=O) groups is 2. The van der Waals surface area contributed by atoms with Crippen LogP contribution in [0.4, 0.5) is 0 Å². The Bertz CT molecular complexity index is 426. The normalized spacial score (nSPS) is 21.7. The number of hydrogen-bond donors (Lipinski definition) is 2. The van der Waals surface area contributed by atoms with Gasteiger partial charge >= 0.3 is 5.97 Å². The number of carboxylic acids is 1. The number of nitrogens with one attached hydrogen (secondary N) is 1. The van der Waals surface area contributed by atoms with Gasteiger partial charge < -0.3 is 19.7 Å². The zero-order chi connectivity index (χ0) is 13.7. The van der Waals surface area contributed by atoms with Crippen molar-refractivity contribution in [3.63, 3.8) is 0 Å². The lowest BCUT2D eigenvalue weighted by Crippen LogP contribution is -2.38.